The van der Waals surface area contributed by atoms with Gasteiger partial charge in [-0.15, -0.1) is 21.5 Å². The number of fused-ring (bicyclic) bond motifs is 3. The number of amides is 2. The fourth-order valence-electron chi connectivity index (χ4n) is 8.75. The Morgan fingerprint density at radius 2 is 1.43 bits per heavy atom. The zero-order valence-electron chi connectivity index (χ0n) is 51.0. The molecule has 1 fully saturated rings. The predicted octanol–water partition coefficient (Wildman–Crippen LogP) is 12.4. The van der Waals surface area contributed by atoms with Crippen LogP contribution in [0.3, 0.4) is 0 Å². The van der Waals surface area contributed by atoms with Crippen LogP contribution in [-0.4, -0.2) is 132 Å². The fourth-order valence-corrected chi connectivity index (χ4v) is 10.5. The third-order valence-electron chi connectivity index (χ3n) is 12.8. The third kappa shape index (κ3) is 24.1. The Bertz CT molecular complexity index is 3080. The first-order valence-electron chi connectivity index (χ1n) is 28.0. The molecular weight excluding hydrogens is 1190 g/mol. The topological polar surface area (TPSA) is 212 Å². The Kier molecular flexibility index (Phi) is 33.9. The molecule has 4 N–H and O–H groups in total. The molecule has 0 aliphatic carbocycles. The molecule has 1 saturated heterocycles. The van der Waals surface area contributed by atoms with E-state index >= 15 is 0 Å². The lowest BCUT2D eigenvalue weighted by Crippen LogP contribution is -2.31. The van der Waals surface area contributed by atoms with Crippen LogP contribution in [0.15, 0.2) is 89.9 Å². The molecule has 23 heteroatoms. The Morgan fingerprint density at radius 3 is 1.98 bits per heavy atom. The number of rotatable bonds is 21. The number of methoxy groups -OCH3 is 1. The Balaban J connectivity index is 0.000000313. The number of benzene rings is 4. The van der Waals surface area contributed by atoms with Crippen molar-refractivity contribution in [2.45, 2.75) is 87.2 Å². The lowest BCUT2D eigenvalue weighted by atomic mass is 9.79. The zero-order chi connectivity index (χ0) is 63.8. The average Bonchev–Trinajstić information content (AvgIpc) is 1.83. The van der Waals surface area contributed by atoms with E-state index in [2.05, 4.69) is 76.7 Å². The molecule has 2 aromatic heterocycles. The first kappa shape index (κ1) is 73.9. The van der Waals surface area contributed by atoms with Crippen LogP contribution in [0.4, 0.5) is 14.5 Å². The normalized spacial score (nSPS) is 14.5. The van der Waals surface area contributed by atoms with Crippen LogP contribution in [0, 0.1) is 55.1 Å². The first-order chi connectivity index (χ1) is 41.3. The van der Waals surface area contributed by atoms with E-state index in [0.717, 1.165) is 45.1 Å². The second kappa shape index (κ2) is 39.4. The maximum atomic E-state index is 14.2. The highest BCUT2D eigenvalue weighted by atomic mass is 35.5. The number of aliphatic imine (C=N–C) groups is 1. The van der Waals surface area contributed by atoms with Crippen LogP contribution >= 0.6 is 46.1 Å². The highest BCUT2D eigenvalue weighted by Gasteiger charge is 2.40. The van der Waals surface area contributed by atoms with Gasteiger partial charge in [-0.1, -0.05) is 99.8 Å². The fraction of sp³-hybridized carbons (Fsp3) is 0.444. The van der Waals surface area contributed by atoms with E-state index in [1.165, 1.54) is 41.1 Å². The molecule has 0 bridgehead atoms. The van der Waals surface area contributed by atoms with Crippen LogP contribution in [0.5, 0.6) is 5.75 Å². The smallest absolute Gasteiger partial charge is 0.251 e. The van der Waals surface area contributed by atoms with Crippen molar-refractivity contribution in [1.82, 2.24) is 30.7 Å². The summed E-state index contributed by atoms with van der Waals surface area (Å²) in [6.45, 7) is 25.9. The molecule has 0 saturated carbocycles. The summed E-state index contributed by atoms with van der Waals surface area (Å²) < 4.78 is 55.1. The minimum atomic E-state index is -0.391. The number of aromatic nitrogens is 3. The second-order valence-electron chi connectivity index (χ2n) is 20.1. The number of carbonyl (C=O) groups excluding carboxylic acids is 3. The summed E-state index contributed by atoms with van der Waals surface area (Å²) in [5.41, 5.74) is 6.55. The third-order valence-corrected chi connectivity index (χ3v) is 14.8. The lowest BCUT2D eigenvalue weighted by molar-refractivity contribution is -0.119. The molecule has 8 rings (SSSR count). The molecule has 3 atom stereocenters. The molecule has 4 heterocycles. The molecule has 86 heavy (non-hydrogen) atoms. The Labute approximate surface area is 524 Å². The van der Waals surface area contributed by atoms with Gasteiger partial charge in [-0.05, 0) is 98.3 Å². The van der Waals surface area contributed by atoms with Crippen LogP contribution < -0.4 is 26.0 Å². The number of carbonyl (C=O) groups is 3. The van der Waals surface area contributed by atoms with E-state index < -0.39 is 5.82 Å². The molecule has 2 aliphatic rings. The lowest BCUT2D eigenvalue weighted by Gasteiger charge is -2.26. The molecule has 0 unspecified atom stereocenters. The van der Waals surface area contributed by atoms with E-state index in [1.54, 1.807) is 68.0 Å². The molecule has 0 radical (unpaired) electrons. The largest absolute Gasteiger partial charge is 0.495 e. The summed E-state index contributed by atoms with van der Waals surface area (Å²) in [5.74, 6) is 1.11. The van der Waals surface area contributed by atoms with Gasteiger partial charge >= 0.3 is 0 Å². The quantitative estimate of drug-likeness (QED) is 0.0495. The molecule has 4 aromatic carbocycles. The van der Waals surface area contributed by atoms with Gasteiger partial charge < -0.3 is 49.7 Å². The zero-order valence-corrected chi connectivity index (χ0v) is 54.1. The van der Waals surface area contributed by atoms with Gasteiger partial charge in [0.05, 0.1) is 88.4 Å². The number of hydrogen-bond acceptors (Lipinski definition) is 15. The summed E-state index contributed by atoms with van der Waals surface area (Å²) >= 11 is 19.1. The Hall–Kier alpha value is -6.38. The van der Waals surface area contributed by atoms with Crippen molar-refractivity contribution in [3.05, 3.63) is 156 Å². The van der Waals surface area contributed by atoms with Crippen LogP contribution in [0.1, 0.15) is 103 Å². The maximum Gasteiger partial charge on any atom is 0.251 e. The molecular formula is C63H82Cl3F2N9O8S. The summed E-state index contributed by atoms with van der Waals surface area (Å²) in [7, 11) is 3.35. The van der Waals surface area contributed by atoms with Gasteiger partial charge in [0.25, 0.3) is 5.91 Å². The molecule has 6 aromatic rings. The number of anilines is 1. The number of ether oxygens (including phenoxy) is 5. The predicted molar refractivity (Wildman–Crippen MR) is 340 cm³/mol. The summed E-state index contributed by atoms with van der Waals surface area (Å²) in [5, 5.41) is 32.3. The van der Waals surface area contributed by atoms with Crippen molar-refractivity contribution in [2.24, 2.45) is 16.3 Å². The minimum absolute atomic E-state index is 0.0672. The SMILES string of the molecule is C=O.CC.CC(C)(C)C[C@@H]1NC[C@H](c2cccc(Cl)c2F)[C@@H]1C#N.CNc1ccc(C(=O)NCCOCCOCCOCCOCCNC(C)=O)cc1OC.Cc1sc2c(c1C)C(c1ccc(Cl)cc1)=NCc1nnc(C)n1-2.Fc1cccc(Cl)c1. The molecule has 17 nitrogen and oxygen atoms in total. The Morgan fingerprint density at radius 1 is 0.826 bits per heavy atom. The molecule has 468 valence electrons. The number of aryl methyl sites for hydroxylation is 2. The number of halogens is 5. The first-order valence-corrected chi connectivity index (χ1v) is 30.0. The number of thiophene rings is 1. The monoisotopic (exact) mass is 1270 g/mol. The number of nitrogens with one attached hydrogen (secondary N) is 4. The van der Waals surface area contributed by atoms with Gasteiger partial charge in [0.1, 0.15) is 41.5 Å². The van der Waals surface area contributed by atoms with E-state index in [9.17, 15) is 23.6 Å². The van der Waals surface area contributed by atoms with E-state index in [1.807, 2.05) is 51.8 Å². The van der Waals surface area contributed by atoms with Crippen LogP contribution in [0.2, 0.25) is 15.1 Å². The van der Waals surface area contributed by atoms with Crippen LogP contribution in [0.25, 0.3) is 5.00 Å². The van der Waals surface area contributed by atoms with Crippen molar-refractivity contribution in [3.63, 3.8) is 0 Å². The molecule has 2 aliphatic heterocycles. The van der Waals surface area contributed by atoms with Crippen molar-refractivity contribution >= 4 is 76.1 Å². The van der Waals surface area contributed by atoms with Crippen LogP contribution in [-0.2, 0) is 35.1 Å². The highest BCUT2D eigenvalue weighted by molar-refractivity contribution is 7.15. The van der Waals surface area contributed by atoms with E-state index in [-0.39, 0.29) is 45.9 Å². The number of nitriles is 1. The van der Waals surface area contributed by atoms with Gasteiger partial charge in [-0.25, -0.2) is 8.78 Å². The highest BCUT2D eigenvalue weighted by Crippen LogP contribution is 2.39. The van der Waals surface area contributed by atoms with E-state index in [4.69, 9.17) is 68.3 Å². The second-order valence-corrected chi connectivity index (χ2v) is 22.6. The van der Waals surface area contributed by atoms with Gasteiger partial charge in [-0.2, -0.15) is 5.26 Å². The number of hydrogen-bond donors (Lipinski definition) is 4. The summed E-state index contributed by atoms with van der Waals surface area (Å²) in [4.78, 5) is 37.0. The van der Waals surface area contributed by atoms with Gasteiger partial charge in [0, 0.05) is 77.2 Å². The van der Waals surface area contributed by atoms with Gasteiger partial charge in [0.15, 0.2) is 5.82 Å². The standard InChI is InChI=1S/C21H35N3O7.C17H15ClN4S.C16H20ClFN2.C6H4ClF.C2H6.CH2O/c1-17(25)23-6-8-28-10-12-30-14-15-31-13-11-29-9-7-24-21(26)18-4-5-19(22-2)20(16-18)27-3;1-9-10(2)23-17-15(9)16(12-4-6-13(18)7-5-12)19-8-14-21-20-11(3)22(14)17;1-16(2,3)7-14-11(8-19)12(9-20-14)10-5-4-6-13(17)15(10)18;7-5-2-1-3-6(8)4-5;2*1-2/h4-5,16,22H,6-15H2,1-3H3,(H,23,25)(H,24,26);4-7H,8H2,1-3H3;4-6,11-12,14,20H,7,9H2,1-3H3;1-4H;1-2H3;1H2/t;;11-,12+,14-;;;/m..0.../s1. The van der Waals surface area contributed by atoms with Crippen molar-refractivity contribution in [2.75, 3.05) is 92.0 Å². The number of nitrogens with zero attached hydrogens (tertiary/aromatic N) is 5. The molecule has 0 spiro atoms. The average molecular weight is 1270 g/mol. The summed E-state index contributed by atoms with van der Waals surface area (Å²) in [6.07, 6.45) is 0.893. The minimum Gasteiger partial charge on any atom is -0.495 e. The van der Waals surface area contributed by atoms with Gasteiger partial charge in [0.2, 0.25) is 5.91 Å². The van der Waals surface area contributed by atoms with Crippen molar-refractivity contribution in [1.29, 1.82) is 5.26 Å². The van der Waals surface area contributed by atoms with Crippen molar-refractivity contribution in [3.8, 4) is 16.8 Å². The van der Waals surface area contributed by atoms with Crippen molar-refractivity contribution < 1.29 is 46.8 Å². The summed E-state index contributed by atoms with van der Waals surface area (Å²) in [6, 6.07) is 26.4. The maximum absolute atomic E-state index is 14.2. The van der Waals surface area contributed by atoms with E-state index in [0.29, 0.717) is 101 Å². The molecule has 2 amide bonds. The van der Waals surface area contributed by atoms with Gasteiger partial charge in [-0.3, -0.25) is 19.1 Å².